The molecule has 0 aliphatic heterocycles. The van der Waals surface area contributed by atoms with Gasteiger partial charge < -0.3 is 10.5 Å². The first-order valence-electron chi connectivity index (χ1n) is 6.91. The van der Waals surface area contributed by atoms with E-state index in [0.29, 0.717) is 5.92 Å². The number of allylic oxidation sites excluding steroid dienone is 3. The third-order valence-electron chi connectivity index (χ3n) is 3.06. The highest BCUT2D eigenvalue weighted by Gasteiger charge is 2.13. The second-order valence-electron chi connectivity index (χ2n) is 5.97. The van der Waals surface area contributed by atoms with Gasteiger partial charge >= 0.3 is 0 Å². The Balaban J connectivity index is 3.65. The summed E-state index contributed by atoms with van der Waals surface area (Å²) in [5.74, 6) is 0.542. The summed E-state index contributed by atoms with van der Waals surface area (Å²) in [6.45, 7) is 8.21. The second-order valence-corrected chi connectivity index (χ2v) is 5.97. The summed E-state index contributed by atoms with van der Waals surface area (Å²) in [5, 5.41) is 0. The zero-order valence-corrected chi connectivity index (χ0v) is 12.4. The minimum absolute atomic E-state index is 0.226. The summed E-state index contributed by atoms with van der Waals surface area (Å²) in [7, 11) is 0. The van der Waals surface area contributed by atoms with Crippen molar-refractivity contribution in [2.45, 2.75) is 59.4 Å². The molecule has 0 aromatic heterocycles. The van der Waals surface area contributed by atoms with E-state index >= 15 is 0 Å². The van der Waals surface area contributed by atoms with Gasteiger partial charge in [0.2, 0.25) is 0 Å². The van der Waals surface area contributed by atoms with Crippen molar-refractivity contribution < 1.29 is 4.79 Å². The van der Waals surface area contributed by atoms with Crippen molar-refractivity contribution in [1.82, 2.24) is 0 Å². The highest BCUT2D eigenvalue weighted by Crippen LogP contribution is 2.17. The first-order valence-corrected chi connectivity index (χ1v) is 6.91. The average molecular weight is 251 g/mol. The normalized spacial score (nSPS) is 14.8. The molecular formula is C16H29NO. The minimum Gasteiger partial charge on any atom is -0.327 e. The fourth-order valence-electron chi connectivity index (χ4n) is 1.39. The monoisotopic (exact) mass is 251 g/mol. The number of carbonyl (C=O) groups is 1. The van der Waals surface area contributed by atoms with Crippen molar-refractivity contribution in [1.29, 1.82) is 0 Å². The maximum atomic E-state index is 10.7. The third kappa shape index (κ3) is 9.17. The lowest BCUT2D eigenvalue weighted by Crippen LogP contribution is -2.25. The van der Waals surface area contributed by atoms with Crippen LogP contribution in [-0.4, -0.2) is 12.3 Å². The van der Waals surface area contributed by atoms with Crippen molar-refractivity contribution >= 4 is 6.29 Å². The number of aldehydes is 1. The van der Waals surface area contributed by atoms with E-state index in [-0.39, 0.29) is 11.5 Å². The molecule has 0 aromatic rings. The van der Waals surface area contributed by atoms with E-state index in [9.17, 15) is 4.79 Å². The Morgan fingerprint density at radius 3 is 2.11 bits per heavy atom. The Kier molecular flexibility index (Phi) is 8.65. The molecule has 0 amide bonds. The van der Waals surface area contributed by atoms with Gasteiger partial charge in [-0.2, -0.15) is 0 Å². The van der Waals surface area contributed by atoms with E-state index in [1.54, 1.807) is 0 Å². The molecule has 0 rings (SSSR count). The van der Waals surface area contributed by atoms with E-state index < -0.39 is 0 Å². The number of hydrogen-bond acceptors (Lipinski definition) is 2. The number of unbranched alkanes of at least 4 members (excludes halogenated alkanes) is 1. The van der Waals surface area contributed by atoms with Crippen LogP contribution in [-0.2, 0) is 4.79 Å². The molecule has 0 fully saturated rings. The Morgan fingerprint density at radius 1 is 1.06 bits per heavy atom. The van der Waals surface area contributed by atoms with Crippen LogP contribution in [0.4, 0.5) is 0 Å². The lowest BCUT2D eigenvalue weighted by atomic mass is 9.91. The number of hydrogen-bond donors (Lipinski definition) is 1. The molecule has 0 radical (unpaired) electrons. The molecule has 2 N–H and O–H groups in total. The fourth-order valence-corrected chi connectivity index (χ4v) is 1.39. The maximum absolute atomic E-state index is 10.7. The quantitative estimate of drug-likeness (QED) is 0.384. The minimum atomic E-state index is -0.226. The van der Waals surface area contributed by atoms with Gasteiger partial charge in [-0.1, -0.05) is 52.0 Å². The highest BCUT2D eigenvalue weighted by molar-refractivity contribution is 5.58. The Bertz CT molecular complexity index is 277. The summed E-state index contributed by atoms with van der Waals surface area (Å²) < 4.78 is 0. The summed E-state index contributed by atoms with van der Waals surface area (Å²) >= 11 is 0. The van der Waals surface area contributed by atoms with Gasteiger partial charge in [-0.05, 0) is 31.6 Å². The smallest absolute Gasteiger partial charge is 0.125 e. The highest BCUT2D eigenvalue weighted by atomic mass is 16.1. The number of carbonyl (C=O) groups excluding carboxylic acids is 1. The van der Waals surface area contributed by atoms with Gasteiger partial charge in [-0.15, -0.1) is 0 Å². The topological polar surface area (TPSA) is 43.1 Å². The molecule has 18 heavy (non-hydrogen) atoms. The van der Waals surface area contributed by atoms with Crippen LogP contribution in [0.1, 0.15) is 53.4 Å². The Labute approximate surface area is 112 Å². The van der Waals surface area contributed by atoms with E-state index in [0.717, 1.165) is 32.0 Å². The van der Waals surface area contributed by atoms with Crippen LogP contribution in [0.3, 0.4) is 0 Å². The molecule has 0 aliphatic rings. The van der Waals surface area contributed by atoms with Crippen molar-refractivity contribution in [3.8, 4) is 0 Å². The molecule has 0 spiro atoms. The average Bonchev–Trinajstić information content (AvgIpc) is 2.32. The van der Waals surface area contributed by atoms with Crippen molar-refractivity contribution in [2.75, 3.05) is 0 Å². The van der Waals surface area contributed by atoms with Crippen LogP contribution in [0.5, 0.6) is 0 Å². The molecule has 104 valence electrons. The lowest BCUT2D eigenvalue weighted by Gasteiger charge is -2.12. The van der Waals surface area contributed by atoms with Gasteiger partial charge in [0.05, 0.1) is 0 Å². The molecule has 1 atom stereocenters. The van der Waals surface area contributed by atoms with Gasteiger partial charge in [0.25, 0.3) is 0 Å². The molecule has 0 saturated carbocycles. The number of rotatable bonds is 9. The van der Waals surface area contributed by atoms with Gasteiger partial charge in [-0.3, -0.25) is 0 Å². The van der Waals surface area contributed by atoms with Crippen LogP contribution in [0.15, 0.2) is 24.3 Å². The van der Waals surface area contributed by atoms with Gasteiger partial charge in [-0.25, -0.2) is 0 Å². The molecule has 0 bridgehead atoms. The first kappa shape index (κ1) is 17.1. The Hall–Kier alpha value is -0.890. The van der Waals surface area contributed by atoms with E-state index in [1.807, 2.05) is 13.8 Å². The van der Waals surface area contributed by atoms with Gasteiger partial charge in [0.1, 0.15) is 6.29 Å². The lowest BCUT2D eigenvalue weighted by molar-refractivity contribution is -0.114. The third-order valence-corrected chi connectivity index (χ3v) is 3.06. The van der Waals surface area contributed by atoms with Crippen LogP contribution in [0.2, 0.25) is 0 Å². The fraction of sp³-hybridized carbons (Fsp3) is 0.688. The van der Waals surface area contributed by atoms with Crippen LogP contribution >= 0.6 is 0 Å². The van der Waals surface area contributed by atoms with Gasteiger partial charge in [0.15, 0.2) is 0 Å². The Morgan fingerprint density at radius 2 is 1.61 bits per heavy atom. The van der Waals surface area contributed by atoms with E-state index in [1.165, 1.54) is 0 Å². The maximum Gasteiger partial charge on any atom is 0.125 e. The predicted molar refractivity (Wildman–Crippen MR) is 79.4 cm³/mol. The summed E-state index contributed by atoms with van der Waals surface area (Å²) in [6, 6.07) is 0.269. The van der Waals surface area contributed by atoms with Crippen LogP contribution in [0.25, 0.3) is 0 Å². The zero-order chi connectivity index (χ0) is 14.0. The summed E-state index contributed by atoms with van der Waals surface area (Å²) in [4.78, 5) is 10.7. The molecule has 0 aliphatic carbocycles. The first-order chi connectivity index (χ1) is 8.39. The molecule has 0 heterocycles. The standard InChI is InChI=1S/C16H29NO/c1-14(2)15(17)11-9-7-5-6-8-10-12-16(3,4)13-18/h7-10,13-15H,5-6,11-12,17H2,1-4H3. The second kappa shape index (κ2) is 9.09. The molecule has 0 aromatic carbocycles. The molecular weight excluding hydrogens is 222 g/mol. The van der Waals surface area contributed by atoms with E-state index in [4.69, 9.17) is 5.73 Å². The zero-order valence-electron chi connectivity index (χ0n) is 12.4. The number of nitrogens with two attached hydrogens (primary N) is 1. The van der Waals surface area contributed by atoms with Crippen molar-refractivity contribution in [3.63, 3.8) is 0 Å². The molecule has 2 heteroatoms. The summed E-state index contributed by atoms with van der Waals surface area (Å²) in [5.41, 5.74) is 5.72. The molecule has 1 unspecified atom stereocenters. The SMILES string of the molecule is CC(C)C(N)CC=CCCC=CCC(C)(C)C=O. The molecule has 2 nitrogen and oxygen atoms in total. The largest absolute Gasteiger partial charge is 0.327 e. The van der Waals surface area contributed by atoms with Crippen molar-refractivity contribution in [3.05, 3.63) is 24.3 Å². The summed E-state index contributed by atoms with van der Waals surface area (Å²) in [6.07, 6.45) is 13.5. The molecule has 0 saturated heterocycles. The van der Waals surface area contributed by atoms with Crippen LogP contribution < -0.4 is 5.73 Å². The van der Waals surface area contributed by atoms with Gasteiger partial charge in [0, 0.05) is 11.5 Å². The van der Waals surface area contributed by atoms with Crippen molar-refractivity contribution in [2.24, 2.45) is 17.1 Å². The van der Waals surface area contributed by atoms with E-state index in [2.05, 4.69) is 38.2 Å². The predicted octanol–water partition coefficient (Wildman–Crippen LogP) is 3.87. The van der Waals surface area contributed by atoms with Crippen LogP contribution in [0, 0.1) is 11.3 Å².